The molecule has 1 aliphatic heterocycles. The summed E-state index contributed by atoms with van der Waals surface area (Å²) in [6.07, 6.45) is 3.59. The molecule has 23 heavy (non-hydrogen) atoms. The molecule has 3 rings (SSSR count). The van der Waals surface area contributed by atoms with Gasteiger partial charge in [0.1, 0.15) is 6.04 Å². The molecule has 1 aliphatic carbocycles. The second-order valence-electron chi connectivity index (χ2n) is 6.77. The first kappa shape index (κ1) is 16.0. The molecule has 0 saturated heterocycles. The second-order valence-corrected chi connectivity index (χ2v) is 6.77. The highest BCUT2D eigenvalue weighted by Crippen LogP contribution is 2.36. The molecule has 0 bridgehead atoms. The molecule has 3 N–H and O–H groups in total. The quantitative estimate of drug-likeness (QED) is 0.776. The molecule has 0 spiro atoms. The number of benzene rings is 1. The number of aliphatic hydroxyl groups is 1. The Kier molecular flexibility index (Phi) is 4.66. The monoisotopic (exact) mass is 316 g/mol. The smallest absolute Gasteiger partial charge is 0.246 e. The number of fused-ring (bicyclic) bond motifs is 1. The summed E-state index contributed by atoms with van der Waals surface area (Å²) in [5, 5.41) is 15.6. The summed E-state index contributed by atoms with van der Waals surface area (Å²) >= 11 is 0. The fourth-order valence-corrected chi connectivity index (χ4v) is 3.16. The van der Waals surface area contributed by atoms with Crippen molar-refractivity contribution in [3.8, 4) is 0 Å². The maximum Gasteiger partial charge on any atom is 0.246 e. The van der Waals surface area contributed by atoms with Crippen LogP contribution in [-0.2, 0) is 16.0 Å². The van der Waals surface area contributed by atoms with E-state index in [4.69, 9.17) is 0 Å². The Balaban J connectivity index is 1.65. The SMILES string of the molecule is C[C@H](O)[C@@H](CC1CC1)C(=O)N[C@H]1CCc2ccccc2NC1=O. The first-order valence-corrected chi connectivity index (χ1v) is 8.42. The van der Waals surface area contributed by atoms with Crippen molar-refractivity contribution in [3.63, 3.8) is 0 Å². The highest BCUT2D eigenvalue weighted by molar-refractivity contribution is 5.98. The predicted molar refractivity (Wildman–Crippen MR) is 87.8 cm³/mol. The molecule has 1 aromatic carbocycles. The van der Waals surface area contributed by atoms with Crippen LogP contribution in [0.3, 0.4) is 0 Å². The third-order valence-corrected chi connectivity index (χ3v) is 4.81. The van der Waals surface area contributed by atoms with E-state index in [-0.39, 0.29) is 11.8 Å². The number of aryl methyl sites for hydroxylation is 1. The van der Waals surface area contributed by atoms with E-state index in [0.717, 1.165) is 30.5 Å². The van der Waals surface area contributed by atoms with Crippen molar-refractivity contribution in [3.05, 3.63) is 29.8 Å². The van der Waals surface area contributed by atoms with Crippen molar-refractivity contribution in [2.24, 2.45) is 11.8 Å². The lowest BCUT2D eigenvalue weighted by molar-refractivity contribution is -0.132. The molecule has 5 nitrogen and oxygen atoms in total. The van der Waals surface area contributed by atoms with Crippen LogP contribution in [0.2, 0.25) is 0 Å². The van der Waals surface area contributed by atoms with Crippen LogP contribution >= 0.6 is 0 Å². The van der Waals surface area contributed by atoms with E-state index in [2.05, 4.69) is 10.6 Å². The number of nitrogens with one attached hydrogen (secondary N) is 2. The second kappa shape index (κ2) is 6.71. The van der Waals surface area contributed by atoms with Gasteiger partial charge in [0, 0.05) is 5.69 Å². The van der Waals surface area contributed by atoms with E-state index < -0.39 is 18.1 Å². The first-order valence-electron chi connectivity index (χ1n) is 8.42. The Morgan fingerprint density at radius 1 is 1.35 bits per heavy atom. The number of aliphatic hydroxyl groups excluding tert-OH is 1. The molecule has 2 aliphatic rings. The van der Waals surface area contributed by atoms with Crippen molar-refractivity contribution >= 4 is 17.5 Å². The summed E-state index contributed by atoms with van der Waals surface area (Å²) in [4.78, 5) is 24.8. The lowest BCUT2D eigenvalue weighted by atomic mass is 9.95. The molecule has 1 heterocycles. The van der Waals surface area contributed by atoms with Gasteiger partial charge in [-0.15, -0.1) is 0 Å². The van der Waals surface area contributed by atoms with Gasteiger partial charge in [0.2, 0.25) is 11.8 Å². The number of rotatable bonds is 5. The summed E-state index contributed by atoms with van der Waals surface area (Å²) in [7, 11) is 0. The summed E-state index contributed by atoms with van der Waals surface area (Å²) < 4.78 is 0. The zero-order valence-corrected chi connectivity index (χ0v) is 13.4. The zero-order valence-electron chi connectivity index (χ0n) is 13.4. The van der Waals surface area contributed by atoms with Crippen LogP contribution in [0.15, 0.2) is 24.3 Å². The minimum Gasteiger partial charge on any atom is -0.393 e. The minimum absolute atomic E-state index is 0.181. The number of carbonyl (C=O) groups is 2. The Morgan fingerprint density at radius 2 is 2.09 bits per heavy atom. The fraction of sp³-hybridized carbons (Fsp3) is 0.556. The Hall–Kier alpha value is -1.88. The molecule has 124 valence electrons. The lowest BCUT2D eigenvalue weighted by Crippen LogP contribution is -2.47. The number of hydrogen-bond donors (Lipinski definition) is 3. The molecule has 0 radical (unpaired) electrons. The van der Waals surface area contributed by atoms with Crippen LogP contribution in [0.25, 0.3) is 0 Å². The minimum atomic E-state index is -0.693. The van der Waals surface area contributed by atoms with Gasteiger partial charge in [-0.25, -0.2) is 0 Å². The fourth-order valence-electron chi connectivity index (χ4n) is 3.16. The first-order chi connectivity index (χ1) is 11.0. The highest BCUT2D eigenvalue weighted by atomic mass is 16.3. The summed E-state index contributed by atoms with van der Waals surface area (Å²) in [5.74, 6) is -0.273. The van der Waals surface area contributed by atoms with Gasteiger partial charge in [0.15, 0.2) is 0 Å². The molecule has 1 saturated carbocycles. The van der Waals surface area contributed by atoms with Gasteiger partial charge in [0.05, 0.1) is 12.0 Å². The van der Waals surface area contributed by atoms with E-state index in [0.29, 0.717) is 18.8 Å². The van der Waals surface area contributed by atoms with Crippen molar-refractivity contribution in [2.45, 2.75) is 51.2 Å². The Bertz CT molecular complexity index is 596. The Morgan fingerprint density at radius 3 is 2.78 bits per heavy atom. The third kappa shape index (κ3) is 3.91. The molecule has 0 aromatic heterocycles. The van der Waals surface area contributed by atoms with Crippen molar-refractivity contribution in [1.82, 2.24) is 5.32 Å². The molecule has 1 fully saturated rings. The normalized spacial score (nSPS) is 23.2. The van der Waals surface area contributed by atoms with Gasteiger partial charge in [-0.3, -0.25) is 9.59 Å². The molecular formula is C18H24N2O3. The summed E-state index contributed by atoms with van der Waals surface area (Å²) in [5.41, 5.74) is 1.90. The molecule has 0 unspecified atom stereocenters. The van der Waals surface area contributed by atoms with Gasteiger partial charge in [-0.05, 0) is 43.7 Å². The number of amides is 2. The van der Waals surface area contributed by atoms with Crippen molar-refractivity contribution < 1.29 is 14.7 Å². The maximum atomic E-state index is 12.5. The molecule has 3 atom stereocenters. The van der Waals surface area contributed by atoms with E-state index in [1.165, 1.54) is 0 Å². The van der Waals surface area contributed by atoms with E-state index in [1.54, 1.807) is 6.92 Å². The largest absolute Gasteiger partial charge is 0.393 e. The molecule has 5 heteroatoms. The average molecular weight is 316 g/mol. The van der Waals surface area contributed by atoms with Crippen LogP contribution in [0.1, 0.15) is 38.2 Å². The molecule has 2 amide bonds. The van der Waals surface area contributed by atoms with Gasteiger partial charge < -0.3 is 15.7 Å². The molecule has 1 aromatic rings. The van der Waals surface area contributed by atoms with Crippen molar-refractivity contribution in [1.29, 1.82) is 0 Å². The van der Waals surface area contributed by atoms with Crippen LogP contribution in [0.4, 0.5) is 5.69 Å². The summed E-state index contributed by atoms with van der Waals surface area (Å²) in [6.45, 7) is 1.65. The van der Waals surface area contributed by atoms with E-state index >= 15 is 0 Å². The van der Waals surface area contributed by atoms with Crippen LogP contribution in [-0.4, -0.2) is 29.1 Å². The zero-order chi connectivity index (χ0) is 16.4. The summed E-state index contributed by atoms with van der Waals surface area (Å²) in [6, 6.07) is 7.16. The maximum absolute atomic E-state index is 12.5. The lowest BCUT2D eigenvalue weighted by Gasteiger charge is -2.22. The predicted octanol–water partition coefficient (Wildman–Crippen LogP) is 1.85. The van der Waals surface area contributed by atoms with E-state index in [9.17, 15) is 14.7 Å². The number of hydrogen-bond acceptors (Lipinski definition) is 3. The van der Waals surface area contributed by atoms with Crippen LogP contribution < -0.4 is 10.6 Å². The average Bonchev–Trinajstić information content (AvgIpc) is 3.34. The number of carbonyl (C=O) groups excluding carboxylic acids is 2. The highest BCUT2D eigenvalue weighted by Gasteiger charge is 2.34. The third-order valence-electron chi connectivity index (χ3n) is 4.81. The Labute approximate surface area is 136 Å². The van der Waals surface area contributed by atoms with Gasteiger partial charge in [-0.1, -0.05) is 31.0 Å². The van der Waals surface area contributed by atoms with Crippen molar-refractivity contribution in [2.75, 3.05) is 5.32 Å². The standard InChI is InChI=1S/C18H24N2O3/c1-11(21)14(10-12-6-7-12)17(22)20-16-9-8-13-4-2-3-5-15(13)19-18(16)23/h2-5,11-12,14,16,21H,6-10H2,1H3,(H,19,23)(H,20,22)/t11-,14+,16-/m0/s1. The topological polar surface area (TPSA) is 78.4 Å². The molecular weight excluding hydrogens is 292 g/mol. The van der Waals surface area contributed by atoms with Gasteiger partial charge in [0.25, 0.3) is 0 Å². The van der Waals surface area contributed by atoms with E-state index in [1.807, 2.05) is 24.3 Å². The van der Waals surface area contributed by atoms with Gasteiger partial charge in [-0.2, -0.15) is 0 Å². The van der Waals surface area contributed by atoms with Gasteiger partial charge >= 0.3 is 0 Å². The number of para-hydroxylation sites is 1. The van der Waals surface area contributed by atoms with Crippen LogP contribution in [0.5, 0.6) is 0 Å². The number of anilines is 1. The van der Waals surface area contributed by atoms with Crippen LogP contribution in [0, 0.1) is 11.8 Å².